The Morgan fingerprint density at radius 2 is 1.12 bits per heavy atom. The second kappa shape index (κ2) is 23.8. The molecule has 0 aliphatic carbocycles. The van der Waals surface area contributed by atoms with Crippen LogP contribution in [0.15, 0.2) is 0 Å². The van der Waals surface area contributed by atoms with Gasteiger partial charge in [-0.05, 0) is 0 Å². The van der Waals surface area contributed by atoms with E-state index in [0.717, 1.165) is 20.8 Å². The molecule has 9 nitrogen and oxygen atoms in total. The molecule has 0 radical (unpaired) electrons. The van der Waals surface area contributed by atoms with Crippen LogP contribution in [0.25, 0.3) is 0 Å². The Kier molecular flexibility index (Phi) is 34.3. The number of carbonyl (C=O) groups is 3. The van der Waals surface area contributed by atoms with Crippen molar-refractivity contribution in [1.29, 1.82) is 0 Å². The SMILES string of the molecule is CC(=O)O.CC(=O)O.CC(=O)O.NCCNN. The highest BCUT2D eigenvalue weighted by Gasteiger charge is 1.66. The van der Waals surface area contributed by atoms with Crippen LogP contribution in [-0.4, -0.2) is 46.3 Å². The van der Waals surface area contributed by atoms with Crippen molar-refractivity contribution in [2.45, 2.75) is 20.8 Å². The van der Waals surface area contributed by atoms with E-state index in [1.165, 1.54) is 0 Å². The van der Waals surface area contributed by atoms with Gasteiger partial charge in [-0.3, -0.25) is 25.7 Å². The average Bonchev–Trinajstić information content (AvgIpc) is 2.01. The maximum atomic E-state index is 9.00. The number of nitrogens with two attached hydrogens (primary N) is 2. The minimum Gasteiger partial charge on any atom is -0.481 e. The van der Waals surface area contributed by atoms with Crippen molar-refractivity contribution in [3.05, 3.63) is 0 Å². The molecule has 17 heavy (non-hydrogen) atoms. The highest BCUT2D eigenvalue weighted by molar-refractivity contribution is 5.63. The summed E-state index contributed by atoms with van der Waals surface area (Å²) in [5, 5.41) is 22.2. The van der Waals surface area contributed by atoms with Crippen LogP contribution in [0, 0.1) is 0 Å². The minimum atomic E-state index is -0.833. The molecule has 104 valence electrons. The number of carboxylic acids is 3. The van der Waals surface area contributed by atoms with Gasteiger partial charge in [-0.25, -0.2) is 0 Å². The van der Waals surface area contributed by atoms with Gasteiger partial charge in [0.15, 0.2) is 0 Å². The molecule has 0 atom stereocenters. The van der Waals surface area contributed by atoms with Crippen molar-refractivity contribution < 1.29 is 29.7 Å². The lowest BCUT2D eigenvalue weighted by Gasteiger charge is -1.85. The van der Waals surface area contributed by atoms with Gasteiger partial charge in [-0.15, -0.1) is 0 Å². The largest absolute Gasteiger partial charge is 0.481 e. The molecule has 0 amide bonds. The third-order valence-corrected chi connectivity index (χ3v) is 0.289. The van der Waals surface area contributed by atoms with E-state index in [0.29, 0.717) is 13.1 Å². The summed E-state index contributed by atoms with van der Waals surface area (Å²) in [6.45, 7) is 4.55. The van der Waals surface area contributed by atoms with E-state index in [-0.39, 0.29) is 0 Å². The number of aliphatic carboxylic acids is 3. The maximum absolute atomic E-state index is 9.00. The van der Waals surface area contributed by atoms with Gasteiger partial charge in [0, 0.05) is 33.9 Å². The predicted octanol–water partition coefficient (Wildman–Crippen LogP) is -1.32. The van der Waals surface area contributed by atoms with E-state index in [4.69, 9.17) is 41.3 Å². The summed E-state index contributed by atoms with van der Waals surface area (Å²) in [7, 11) is 0. The molecule has 0 spiro atoms. The Bertz CT molecular complexity index is 155. The Balaban J connectivity index is -0.0000000667. The highest BCUT2D eigenvalue weighted by Crippen LogP contribution is 1.42. The molecular weight excluding hydrogens is 234 g/mol. The molecule has 0 aromatic rings. The van der Waals surface area contributed by atoms with E-state index < -0.39 is 17.9 Å². The van der Waals surface area contributed by atoms with Crippen molar-refractivity contribution in [1.82, 2.24) is 5.43 Å². The zero-order valence-corrected chi connectivity index (χ0v) is 10.1. The molecular formula is C8H21N3O6. The van der Waals surface area contributed by atoms with Gasteiger partial charge in [0.2, 0.25) is 0 Å². The van der Waals surface area contributed by atoms with Gasteiger partial charge < -0.3 is 21.1 Å². The fourth-order valence-electron chi connectivity index (χ4n) is 0.0833. The normalized spacial score (nSPS) is 6.88. The Labute approximate surface area is 99.4 Å². The summed E-state index contributed by atoms with van der Waals surface area (Å²) < 4.78 is 0. The van der Waals surface area contributed by atoms with Crippen LogP contribution in [0.3, 0.4) is 0 Å². The molecule has 0 aliphatic heterocycles. The van der Waals surface area contributed by atoms with Crippen LogP contribution >= 0.6 is 0 Å². The third kappa shape index (κ3) is 25700. The number of hydrogen-bond donors (Lipinski definition) is 6. The van der Waals surface area contributed by atoms with Crippen LogP contribution in [0.5, 0.6) is 0 Å². The number of rotatable bonds is 2. The quantitative estimate of drug-likeness (QED) is 0.258. The Hall–Kier alpha value is -1.71. The molecule has 0 saturated carbocycles. The van der Waals surface area contributed by atoms with E-state index in [1.54, 1.807) is 0 Å². The molecule has 0 saturated heterocycles. The average molecular weight is 255 g/mol. The fourth-order valence-corrected chi connectivity index (χ4v) is 0.0833. The highest BCUT2D eigenvalue weighted by atomic mass is 16.4. The van der Waals surface area contributed by atoms with Gasteiger partial charge in [0.1, 0.15) is 0 Å². The van der Waals surface area contributed by atoms with Gasteiger partial charge >= 0.3 is 0 Å². The first-order valence-electron chi connectivity index (χ1n) is 4.33. The van der Waals surface area contributed by atoms with Crippen molar-refractivity contribution in [3.63, 3.8) is 0 Å². The van der Waals surface area contributed by atoms with E-state index >= 15 is 0 Å². The lowest BCUT2D eigenvalue weighted by atomic mass is 10.7. The van der Waals surface area contributed by atoms with Crippen LogP contribution in [0.1, 0.15) is 20.8 Å². The molecule has 0 unspecified atom stereocenters. The van der Waals surface area contributed by atoms with Crippen LogP contribution in [-0.2, 0) is 14.4 Å². The van der Waals surface area contributed by atoms with Gasteiger partial charge in [0.25, 0.3) is 17.9 Å². The van der Waals surface area contributed by atoms with Crippen molar-refractivity contribution in [2.24, 2.45) is 11.6 Å². The van der Waals surface area contributed by atoms with Crippen molar-refractivity contribution in [3.8, 4) is 0 Å². The Morgan fingerprint density at radius 1 is 0.941 bits per heavy atom. The van der Waals surface area contributed by atoms with Gasteiger partial charge in [-0.2, -0.15) is 0 Å². The van der Waals surface area contributed by atoms with Crippen molar-refractivity contribution in [2.75, 3.05) is 13.1 Å². The summed E-state index contributed by atoms with van der Waals surface area (Å²) in [4.78, 5) is 27.0. The van der Waals surface area contributed by atoms with Crippen LogP contribution in [0.4, 0.5) is 0 Å². The molecule has 0 fully saturated rings. The summed E-state index contributed by atoms with van der Waals surface area (Å²) in [6, 6.07) is 0. The summed E-state index contributed by atoms with van der Waals surface area (Å²) in [5.41, 5.74) is 7.39. The van der Waals surface area contributed by atoms with Gasteiger partial charge in [-0.1, -0.05) is 0 Å². The molecule has 0 bridgehead atoms. The standard InChI is InChI=1S/C2H9N3.3C2H4O2/c3-1-2-5-4;3*1-2(3)4/h5H,1-4H2;3*1H3,(H,3,4). The molecule has 0 heterocycles. The summed E-state index contributed by atoms with van der Waals surface area (Å²) in [5.74, 6) is 2.31. The smallest absolute Gasteiger partial charge is 0.300 e. The molecule has 0 aromatic heterocycles. The molecule has 9 heteroatoms. The summed E-state index contributed by atoms with van der Waals surface area (Å²) in [6.07, 6.45) is 0. The van der Waals surface area contributed by atoms with Crippen LogP contribution < -0.4 is 17.0 Å². The zero-order chi connectivity index (χ0) is 14.9. The monoisotopic (exact) mass is 255 g/mol. The van der Waals surface area contributed by atoms with E-state index in [9.17, 15) is 0 Å². The minimum absolute atomic E-state index is 0.608. The second-order valence-electron chi connectivity index (χ2n) is 2.30. The molecule has 0 aromatic carbocycles. The lowest BCUT2D eigenvalue weighted by molar-refractivity contribution is -0.135. The summed E-state index contributed by atoms with van der Waals surface area (Å²) >= 11 is 0. The number of hydrogen-bond acceptors (Lipinski definition) is 6. The van der Waals surface area contributed by atoms with Crippen LogP contribution in [0.2, 0.25) is 0 Å². The predicted molar refractivity (Wildman–Crippen MR) is 61.2 cm³/mol. The number of carboxylic acid groups (broad SMARTS) is 3. The van der Waals surface area contributed by atoms with Gasteiger partial charge in [0.05, 0.1) is 0 Å². The molecule has 8 N–H and O–H groups in total. The fraction of sp³-hybridized carbons (Fsp3) is 0.625. The molecule has 0 aliphatic rings. The molecule has 0 rings (SSSR count). The number of nitrogens with one attached hydrogen (secondary N) is 1. The first-order chi connectivity index (χ1) is 7.61. The van der Waals surface area contributed by atoms with E-state index in [1.807, 2.05) is 0 Å². The first-order valence-corrected chi connectivity index (χ1v) is 4.33. The third-order valence-electron chi connectivity index (χ3n) is 0.289. The lowest BCUT2D eigenvalue weighted by Crippen LogP contribution is -2.28. The Morgan fingerprint density at radius 3 is 1.12 bits per heavy atom. The maximum Gasteiger partial charge on any atom is 0.300 e. The first kappa shape index (κ1) is 24.5. The zero-order valence-electron chi connectivity index (χ0n) is 10.1. The second-order valence-corrected chi connectivity index (χ2v) is 2.30. The number of hydrazine groups is 1. The topological polar surface area (TPSA) is 176 Å². The van der Waals surface area contributed by atoms with Crippen molar-refractivity contribution >= 4 is 17.9 Å². The van der Waals surface area contributed by atoms with E-state index in [2.05, 4.69) is 5.43 Å².